The predicted molar refractivity (Wildman–Crippen MR) is 381 cm³/mol. The Balaban J connectivity index is 0.000000134. The fraction of sp³-hybridized carbons (Fsp3) is 0.0353. The van der Waals surface area contributed by atoms with Crippen LogP contribution in [0.15, 0.2) is 350 Å². The Kier molecular flexibility index (Phi) is 16.4. The van der Waals surface area contributed by atoms with Crippen LogP contribution >= 0.6 is 15.9 Å². The number of nitrogens with zero attached hydrogens (tertiary/aromatic N) is 3. The predicted octanol–water partition coefficient (Wildman–Crippen LogP) is 23.6. The van der Waals surface area contributed by atoms with Gasteiger partial charge in [-0.15, -0.1) is 0 Å². The van der Waals surface area contributed by atoms with E-state index in [2.05, 4.69) is 382 Å². The molecule has 0 radical (unpaired) electrons. The normalized spacial score (nSPS) is 11.6. The molecular weight excluding hydrogens is 1140 g/mol. The van der Waals surface area contributed by atoms with Gasteiger partial charge in [-0.05, 0) is 160 Å². The second kappa shape index (κ2) is 26.1. The van der Waals surface area contributed by atoms with E-state index in [0.717, 1.165) is 46.5 Å². The van der Waals surface area contributed by atoms with Crippen molar-refractivity contribution in [1.82, 2.24) is 9.13 Å². The van der Waals surface area contributed by atoms with Crippen molar-refractivity contribution in [3.8, 4) is 55.9 Å². The molecule has 0 atom stereocenters. The smallest absolute Gasteiger partial charge is 0.0547 e. The Bertz CT molecular complexity index is 4840. The molecule has 426 valence electrons. The topological polar surface area (TPSA) is 13.1 Å². The van der Waals surface area contributed by atoms with Gasteiger partial charge in [0.15, 0.2) is 0 Å². The molecule has 89 heavy (non-hydrogen) atoms. The van der Waals surface area contributed by atoms with Crippen molar-refractivity contribution in [3.63, 3.8) is 0 Å². The maximum Gasteiger partial charge on any atom is 0.0547 e. The number of hydrogen-bond acceptors (Lipinski definition) is 1. The molecule has 1 aliphatic rings. The van der Waals surface area contributed by atoms with Crippen LogP contribution < -0.4 is 4.90 Å². The summed E-state index contributed by atoms with van der Waals surface area (Å²) in [6, 6.07) is 121. The lowest BCUT2D eigenvalue weighted by Gasteiger charge is -2.28. The van der Waals surface area contributed by atoms with Crippen molar-refractivity contribution in [1.29, 1.82) is 0 Å². The molecule has 2 heterocycles. The number of allylic oxidation sites excluding steroid dienone is 1. The summed E-state index contributed by atoms with van der Waals surface area (Å²) in [5.41, 5.74) is 24.6. The molecule has 0 aliphatic heterocycles. The fourth-order valence-electron chi connectivity index (χ4n) is 12.8. The van der Waals surface area contributed by atoms with E-state index < -0.39 is 0 Å². The van der Waals surface area contributed by atoms with Gasteiger partial charge in [0.2, 0.25) is 0 Å². The van der Waals surface area contributed by atoms with E-state index in [1.165, 1.54) is 105 Å². The number of hydrogen-bond donors (Lipinski definition) is 0. The Morgan fingerprint density at radius 2 is 0.742 bits per heavy atom. The highest BCUT2D eigenvalue weighted by molar-refractivity contribution is 9.10. The second-order valence-electron chi connectivity index (χ2n) is 22.4. The summed E-state index contributed by atoms with van der Waals surface area (Å²) in [6.07, 6.45) is 7.81. The molecule has 0 fully saturated rings. The second-order valence-corrected chi connectivity index (χ2v) is 23.2. The van der Waals surface area contributed by atoms with Crippen LogP contribution in [0.5, 0.6) is 0 Å². The van der Waals surface area contributed by atoms with Gasteiger partial charge in [-0.25, -0.2) is 0 Å². The van der Waals surface area contributed by atoms with Gasteiger partial charge in [-0.3, -0.25) is 0 Å². The van der Waals surface area contributed by atoms with Crippen molar-refractivity contribution in [2.45, 2.75) is 19.3 Å². The van der Waals surface area contributed by atoms with Gasteiger partial charge in [-0.1, -0.05) is 283 Å². The molecular formula is C85H64BrN3. The molecule has 15 aromatic rings. The van der Waals surface area contributed by atoms with Crippen LogP contribution in [-0.2, 0) is 12.8 Å². The summed E-state index contributed by atoms with van der Waals surface area (Å²) in [5, 5.41) is 3.87. The molecule has 0 saturated heterocycles. The zero-order valence-corrected chi connectivity index (χ0v) is 50.9. The van der Waals surface area contributed by atoms with E-state index in [1.54, 1.807) is 0 Å². The number of fused-ring (bicyclic) bond motifs is 6. The van der Waals surface area contributed by atoms with Gasteiger partial charge in [0.05, 0.1) is 22.2 Å². The molecule has 0 unspecified atom stereocenters. The number of benzene rings is 13. The number of para-hydroxylation sites is 6. The van der Waals surface area contributed by atoms with Crippen molar-refractivity contribution in [2.75, 3.05) is 4.90 Å². The first-order valence-electron chi connectivity index (χ1n) is 30.6. The van der Waals surface area contributed by atoms with Crippen LogP contribution in [0.1, 0.15) is 28.8 Å². The number of anilines is 3. The average molecular weight is 1210 g/mol. The summed E-state index contributed by atoms with van der Waals surface area (Å²) in [7, 11) is 0. The number of aryl methyl sites for hydroxylation is 1. The zero-order chi connectivity index (χ0) is 59.7. The third-order valence-electron chi connectivity index (χ3n) is 16.9. The van der Waals surface area contributed by atoms with E-state index in [-0.39, 0.29) is 0 Å². The van der Waals surface area contributed by atoms with Gasteiger partial charge in [-0.2, -0.15) is 0 Å². The van der Waals surface area contributed by atoms with Gasteiger partial charge < -0.3 is 14.0 Å². The minimum Gasteiger partial charge on any atom is -0.310 e. The lowest BCUT2D eigenvalue weighted by atomic mass is 9.92. The van der Waals surface area contributed by atoms with E-state index in [9.17, 15) is 0 Å². The number of rotatable bonds is 11. The van der Waals surface area contributed by atoms with E-state index in [4.69, 9.17) is 0 Å². The molecule has 0 bridgehead atoms. The van der Waals surface area contributed by atoms with Crippen molar-refractivity contribution >= 4 is 71.8 Å². The van der Waals surface area contributed by atoms with Gasteiger partial charge in [0.25, 0.3) is 0 Å². The lowest BCUT2D eigenvalue weighted by Crippen LogP contribution is -2.11. The molecule has 0 saturated carbocycles. The van der Waals surface area contributed by atoms with Crippen LogP contribution in [0, 0.1) is 0 Å². The van der Waals surface area contributed by atoms with Crippen LogP contribution in [-0.4, -0.2) is 9.13 Å². The third-order valence-corrected chi connectivity index (χ3v) is 17.5. The third kappa shape index (κ3) is 11.7. The minimum absolute atomic E-state index is 1.03. The Hall–Kier alpha value is -10.8. The fourth-order valence-corrected chi connectivity index (χ4v) is 13.3. The molecule has 4 heteroatoms. The van der Waals surface area contributed by atoms with Crippen LogP contribution in [0.2, 0.25) is 0 Å². The summed E-state index contributed by atoms with van der Waals surface area (Å²) in [6.45, 7) is 0. The zero-order valence-electron chi connectivity index (χ0n) is 49.3. The first-order valence-corrected chi connectivity index (χ1v) is 31.4. The molecule has 3 nitrogen and oxygen atoms in total. The van der Waals surface area contributed by atoms with E-state index in [1.807, 2.05) is 0 Å². The number of aromatic nitrogens is 2. The van der Waals surface area contributed by atoms with Gasteiger partial charge >= 0.3 is 0 Å². The Morgan fingerprint density at radius 1 is 0.326 bits per heavy atom. The van der Waals surface area contributed by atoms with E-state index >= 15 is 0 Å². The highest BCUT2D eigenvalue weighted by Crippen LogP contribution is 2.45. The minimum atomic E-state index is 1.03. The SMILES string of the molecule is Brc1ccccc1-c1ccccc1-c1ccc2c3c(n(-c4ccccc4)c2c1)C=CCC3.c1ccc(Cc2ccccc2)cc1.c1ccc(N(c2ccccc2)c2ccccc2-c2ccccc2-c2ccc3c4ccccc4n(-c4ccccc4)c3c2)cc1. The van der Waals surface area contributed by atoms with Crippen LogP contribution in [0.25, 0.3) is 94.7 Å². The molecule has 2 aromatic heterocycles. The highest BCUT2D eigenvalue weighted by Gasteiger charge is 2.22. The highest BCUT2D eigenvalue weighted by atomic mass is 79.9. The van der Waals surface area contributed by atoms with Crippen LogP contribution in [0.3, 0.4) is 0 Å². The standard InChI is InChI=1S/C42H30N2.C30H22BrN.C13H12/c1-4-16-32(17-5-1)43(33-18-6-2-7-19-33)40-26-14-12-24-37(40)36-23-11-10-22-35(36)31-28-29-39-38-25-13-15-27-41(38)44(42(39)30-31)34-20-8-3-9-21-34;31-28-16-8-6-14-25(28)24-13-5-4-12-23(24)21-18-19-27-26-15-7-9-17-29(26)32(30(27)20-21)22-10-2-1-3-11-22;1-3-7-12(8-4-1)11-13-9-5-2-6-10-13/h1-30H;1-6,8-14,16-20H,7,15H2;1-10H,11H2. The summed E-state index contributed by atoms with van der Waals surface area (Å²) >= 11 is 3.75. The molecule has 1 aliphatic carbocycles. The quantitative estimate of drug-likeness (QED) is 0.126. The monoisotopic (exact) mass is 1210 g/mol. The van der Waals surface area contributed by atoms with Crippen molar-refractivity contribution in [3.05, 3.63) is 373 Å². The van der Waals surface area contributed by atoms with Crippen molar-refractivity contribution in [2.24, 2.45) is 0 Å². The first kappa shape index (κ1) is 56.1. The molecule has 13 aromatic carbocycles. The lowest BCUT2D eigenvalue weighted by molar-refractivity contribution is 0.967. The van der Waals surface area contributed by atoms with Gasteiger partial charge in [0.1, 0.15) is 0 Å². The maximum absolute atomic E-state index is 3.75. The summed E-state index contributed by atoms with van der Waals surface area (Å²) < 4.78 is 5.92. The largest absolute Gasteiger partial charge is 0.310 e. The Labute approximate surface area is 530 Å². The average Bonchev–Trinajstić information content (AvgIpc) is 1.71. The summed E-state index contributed by atoms with van der Waals surface area (Å²) in [4.78, 5) is 2.35. The summed E-state index contributed by atoms with van der Waals surface area (Å²) in [5.74, 6) is 0. The molecule has 0 spiro atoms. The molecule has 0 N–H and O–H groups in total. The molecule has 16 rings (SSSR count). The first-order chi connectivity index (χ1) is 44.1. The molecule has 0 amide bonds. The van der Waals surface area contributed by atoms with E-state index in [0.29, 0.717) is 0 Å². The van der Waals surface area contributed by atoms with Crippen LogP contribution in [0.4, 0.5) is 17.1 Å². The Morgan fingerprint density at radius 3 is 1.31 bits per heavy atom. The van der Waals surface area contributed by atoms with Gasteiger partial charge in [0, 0.05) is 54.6 Å². The maximum atomic E-state index is 3.75. The number of halogens is 1. The van der Waals surface area contributed by atoms with Crippen molar-refractivity contribution < 1.29 is 0 Å².